The van der Waals surface area contributed by atoms with Gasteiger partial charge in [-0.05, 0) is 46.6 Å². The summed E-state index contributed by atoms with van der Waals surface area (Å²) in [5.41, 5.74) is 8.48. The molecule has 0 spiro atoms. The Balaban J connectivity index is 2.38. The van der Waals surface area contributed by atoms with E-state index < -0.39 is 4.92 Å². The Labute approximate surface area is 118 Å². The monoisotopic (exact) mass is 321 g/mol. The van der Waals surface area contributed by atoms with Crippen molar-refractivity contribution >= 4 is 38.7 Å². The van der Waals surface area contributed by atoms with Crippen molar-refractivity contribution in [3.05, 3.63) is 56.5 Å². The van der Waals surface area contributed by atoms with E-state index in [1.165, 1.54) is 12.1 Å². The number of anilines is 3. The zero-order valence-corrected chi connectivity index (χ0v) is 11.8. The van der Waals surface area contributed by atoms with Gasteiger partial charge in [0.2, 0.25) is 0 Å². The standard InChI is InChI=1S/C13H12BrN3O2/c1-8-2-3-12(14)13(4-8)16-10-5-9(15)6-11(7-10)17(18)19/h2-7,16H,15H2,1H3. The number of aryl methyl sites for hydroxylation is 1. The fourth-order valence-corrected chi connectivity index (χ4v) is 2.05. The Bertz CT molecular complexity index is 644. The maximum Gasteiger partial charge on any atom is 0.273 e. The second-order valence-corrected chi connectivity index (χ2v) is 5.03. The van der Waals surface area contributed by atoms with Crippen molar-refractivity contribution in [2.75, 3.05) is 11.1 Å². The molecular formula is C13H12BrN3O2. The number of nitrogens with two attached hydrogens (primary N) is 1. The van der Waals surface area contributed by atoms with E-state index in [1.54, 1.807) is 6.07 Å². The van der Waals surface area contributed by atoms with Gasteiger partial charge >= 0.3 is 0 Å². The molecule has 0 radical (unpaired) electrons. The first-order valence-electron chi connectivity index (χ1n) is 5.54. The second kappa shape index (κ2) is 5.27. The summed E-state index contributed by atoms with van der Waals surface area (Å²) in [6, 6.07) is 10.3. The fraction of sp³-hybridized carbons (Fsp3) is 0.0769. The molecule has 2 aromatic rings. The third-order valence-corrected chi connectivity index (χ3v) is 3.24. The lowest BCUT2D eigenvalue weighted by Gasteiger charge is -2.10. The van der Waals surface area contributed by atoms with Gasteiger partial charge < -0.3 is 11.1 Å². The van der Waals surface area contributed by atoms with Gasteiger partial charge in [0.15, 0.2) is 0 Å². The number of benzene rings is 2. The van der Waals surface area contributed by atoms with Crippen molar-refractivity contribution in [3.8, 4) is 0 Å². The molecule has 98 valence electrons. The number of nitrogen functional groups attached to an aromatic ring is 1. The van der Waals surface area contributed by atoms with Crippen LogP contribution in [0.15, 0.2) is 40.9 Å². The highest BCUT2D eigenvalue weighted by Gasteiger charge is 2.09. The van der Waals surface area contributed by atoms with Gasteiger partial charge in [-0.25, -0.2) is 0 Å². The molecule has 0 amide bonds. The number of nitrogens with zero attached hydrogens (tertiary/aromatic N) is 1. The average molecular weight is 322 g/mol. The van der Waals surface area contributed by atoms with E-state index in [2.05, 4.69) is 21.2 Å². The molecule has 0 unspecified atom stereocenters. The molecule has 0 saturated heterocycles. The van der Waals surface area contributed by atoms with Gasteiger partial charge in [0.05, 0.1) is 10.6 Å². The molecule has 0 aliphatic carbocycles. The van der Waals surface area contributed by atoms with Crippen molar-refractivity contribution in [2.24, 2.45) is 0 Å². The molecule has 0 saturated carbocycles. The summed E-state index contributed by atoms with van der Waals surface area (Å²) in [7, 11) is 0. The van der Waals surface area contributed by atoms with Crippen LogP contribution in [0.25, 0.3) is 0 Å². The number of nitro benzene ring substituents is 1. The van der Waals surface area contributed by atoms with Crippen LogP contribution in [0.2, 0.25) is 0 Å². The first kappa shape index (κ1) is 13.4. The van der Waals surface area contributed by atoms with Crippen LogP contribution in [0, 0.1) is 17.0 Å². The number of nitrogens with one attached hydrogen (secondary N) is 1. The highest BCUT2D eigenvalue weighted by Crippen LogP contribution is 2.29. The topological polar surface area (TPSA) is 81.2 Å². The molecular weight excluding hydrogens is 310 g/mol. The molecule has 5 nitrogen and oxygen atoms in total. The minimum absolute atomic E-state index is 0.0359. The van der Waals surface area contributed by atoms with Crippen molar-refractivity contribution in [1.82, 2.24) is 0 Å². The largest absolute Gasteiger partial charge is 0.398 e. The number of hydrogen-bond acceptors (Lipinski definition) is 4. The molecule has 2 aromatic carbocycles. The third kappa shape index (κ3) is 3.23. The predicted octanol–water partition coefficient (Wildman–Crippen LogP) is 3.99. The summed E-state index contributed by atoms with van der Waals surface area (Å²) in [6.45, 7) is 1.97. The van der Waals surface area contributed by atoms with Gasteiger partial charge in [0.25, 0.3) is 5.69 Å². The zero-order valence-electron chi connectivity index (χ0n) is 10.2. The minimum Gasteiger partial charge on any atom is -0.398 e. The Morgan fingerprint density at radius 1 is 1.26 bits per heavy atom. The van der Waals surface area contributed by atoms with Crippen LogP contribution in [-0.4, -0.2) is 4.92 Å². The summed E-state index contributed by atoms with van der Waals surface area (Å²) in [4.78, 5) is 10.3. The first-order valence-corrected chi connectivity index (χ1v) is 6.33. The predicted molar refractivity (Wildman–Crippen MR) is 79.7 cm³/mol. The third-order valence-electron chi connectivity index (χ3n) is 2.55. The van der Waals surface area contributed by atoms with Gasteiger partial charge in [-0.15, -0.1) is 0 Å². The lowest BCUT2D eigenvalue weighted by molar-refractivity contribution is -0.384. The quantitative estimate of drug-likeness (QED) is 0.508. The number of rotatable bonds is 3. The van der Waals surface area contributed by atoms with Crippen molar-refractivity contribution < 1.29 is 4.92 Å². The summed E-state index contributed by atoms with van der Waals surface area (Å²) in [6.07, 6.45) is 0. The summed E-state index contributed by atoms with van der Waals surface area (Å²) >= 11 is 3.43. The fourth-order valence-electron chi connectivity index (χ4n) is 1.70. The molecule has 0 bridgehead atoms. The molecule has 0 fully saturated rings. The Kier molecular flexibility index (Phi) is 3.71. The Hall–Kier alpha value is -2.08. The molecule has 3 N–H and O–H groups in total. The van der Waals surface area contributed by atoms with Gasteiger partial charge in [-0.1, -0.05) is 6.07 Å². The van der Waals surface area contributed by atoms with Crippen molar-refractivity contribution in [3.63, 3.8) is 0 Å². The second-order valence-electron chi connectivity index (χ2n) is 4.18. The molecule has 2 rings (SSSR count). The van der Waals surface area contributed by atoms with E-state index in [0.29, 0.717) is 11.4 Å². The number of nitro groups is 1. The number of halogens is 1. The molecule has 19 heavy (non-hydrogen) atoms. The van der Waals surface area contributed by atoms with Gasteiger partial charge in [-0.2, -0.15) is 0 Å². The van der Waals surface area contributed by atoms with E-state index in [4.69, 9.17) is 5.73 Å². The molecule has 0 atom stereocenters. The van der Waals surface area contributed by atoms with Crippen molar-refractivity contribution in [1.29, 1.82) is 0 Å². The van der Waals surface area contributed by atoms with E-state index in [-0.39, 0.29) is 5.69 Å². The molecule has 0 aromatic heterocycles. The Morgan fingerprint density at radius 3 is 2.68 bits per heavy atom. The van der Waals surface area contributed by atoms with Crippen LogP contribution >= 0.6 is 15.9 Å². The van der Waals surface area contributed by atoms with E-state index in [0.717, 1.165) is 15.7 Å². The van der Waals surface area contributed by atoms with Gasteiger partial charge in [0.1, 0.15) is 0 Å². The van der Waals surface area contributed by atoms with Crippen LogP contribution in [0.3, 0.4) is 0 Å². The maximum atomic E-state index is 10.8. The van der Waals surface area contributed by atoms with Crippen LogP contribution < -0.4 is 11.1 Å². The summed E-state index contributed by atoms with van der Waals surface area (Å²) in [5.74, 6) is 0. The van der Waals surface area contributed by atoms with E-state index >= 15 is 0 Å². The lowest BCUT2D eigenvalue weighted by atomic mass is 10.2. The zero-order chi connectivity index (χ0) is 14.0. The summed E-state index contributed by atoms with van der Waals surface area (Å²) in [5, 5.41) is 13.9. The smallest absolute Gasteiger partial charge is 0.273 e. The number of hydrogen-bond donors (Lipinski definition) is 2. The molecule has 0 aliphatic rings. The van der Waals surface area contributed by atoms with E-state index in [1.807, 2.05) is 25.1 Å². The van der Waals surface area contributed by atoms with E-state index in [9.17, 15) is 10.1 Å². The summed E-state index contributed by atoms with van der Waals surface area (Å²) < 4.78 is 0.878. The SMILES string of the molecule is Cc1ccc(Br)c(Nc2cc(N)cc([N+](=O)[O-])c2)c1. The lowest BCUT2D eigenvalue weighted by Crippen LogP contribution is -1.97. The van der Waals surface area contributed by atoms with Crippen LogP contribution in [0.5, 0.6) is 0 Å². The van der Waals surface area contributed by atoms with Crippen LogP contribution in [0.4, 0.5) is 22.7 Å². The molecule has 6 heteroatoms. The molecule has 0 aliphatic heterocycles. The minimum atomic E-state index is -0.465. The van der Waals surface area contributed by atoms with Crippen molar-refractivity contribution in [2.45, 2.75) is 6.92 Å². The molecule has 0 heterocycles. The normalized spacial score (nSPS) is 10.2. The average Bonchev–Trinajstić information content (AvgIpc) is 2.33. The van der Waals surface area contributed by atoms with Gasteiger partial charge in [-0.3, -0.25) is 10.1 Å². The highest BCUT2D eigenvalue weighted by molar-refractivity contribution is 9.10. The first-order chi connectivity index (χ1) is 8.95. The maximum absolute atomic E-state index is 10.8. The van der Waals surface area contributed by atoms with Crippen LogP contribution in [0.1, 0.15) is 5.56 Å². The number of non-ortho nitro benzene ring substituents is 1. The Morgan fingerprint density at radius 2 is 2.00 bits per heavy atom. The highest BCUT2D eigenvalue weighted by atomic mass is 79.9. The van der Waals surface area contributed by atoms with Gasteiger partial charge in [0, 0.05) is 28.0 Å². The van der Waals surface area contributed by atoms with Crippen LogP contribution in [-0.2, 0) is 0 Å².